The molecule has 0 saturated carbocycles. The van der Waals surface area contributed by atoms with Crippen LogP contribution in [-0.2, 0) is 16.1 Å². The number of halogens is 3. The highest BCUT2D eigenvalue weighted by atomic mass is 79.9. The van der Waals surface area contributed by atoms with Gasteiger partial charge in [-0.05, 0) is 65.2 Å². The molecule has 1 atom stereocenters. The highest BCUT2D eigenvalue weighted by Gasteiger charge is 2.26. The summed E-state index contributed by atoms with van der Waals surface area (Å²) in [5.41, 5.74) is 0.869. The molecule has 0 aliphatic carbocycles. The number of nitrogens with one attached hydrogen (secondary N) is 1. The number of hydrogen-bond acceptors (Lipinski definition) is 3. The summed E-state index contributed by atoms with van der Waals surface area (Å²) in [6.45, 7) is 4.41. The molecular formula is C22H25BrCl2N2O3. The van der Waals surface area contributed by atoms with Gasteiger partial charge in [0, 0.05) is 23.1 Å². The number of hydrogen-bond donors (Lipinski definition) is 1. The first-order chi connectivity index (χ1) is 14.3. The number of nitrogens with zero attached hydrogens (tertiary/aromatic N) is 1. The molecule has 0 aromatic heterocycles. The van der Waals surface area contributed by atoms with Gasteiger partial charge < -0.3 is 15.0 Å². The van der Waals surface area contributed by atoms with Gasteiger partial charge in [0.15, 0.2) is 6.61 Å². The second kappa shape index (κ2) is 12.2. The average molecular weight is 516 g/mol. The lowest BCUT2D eigenvalue weighted by atomic mass is 10.1. The number of benzene rings is 2. The minimum Gasteiger partial charge on any atom is -0.483 e. The topological polar surface area (TPSA) is 58.6 Å². The van der Waals surface area contributed by atoms with Crippen LogP contribution in [0.3, 0.4) is 0 Å². The summed E-state index contributed by atoms with van der Waals surface area (Å²) in [7, 11) is 0. The van der Waals surface area contributed by atoms with Crippen molar-refractivity contribution in [2.75, 3.05) is 13.2 Å². The summed E-state index contributed by atoms with van der Waals surface area (Å²) in [4.78, 5) is 27.1. The van der Waals surface area contributed by atoms with Crippen molar-refractivity contribution in [3.63, 3.8) is 0 Å². The third-order valence-corrected chi connectivity index (χ3v) is 5.61. The molecule has 0 heterocycles. The maximum Gasteiger partial charge on any atom is 0.261 e. The number of carbonyl (C=O) groups is 2. The Balaban J connectivity index is 2.12. The normalized spacial score (nSPS) is 11.6. The largest absolute Gasteiger partial charge is 0.483 e. The van der Waals surface area contributed by atoms with Gasteiger partial charge in [0.1, 0.15) is 11.8 Å². The van der Waals surface area contributed by atoms with Crippen LogP contribution in [0.2, 0.25) is 10.0 Å². The molecule has 0 spiro atoms. The average Bonchev–Trinajstić information content (AvgIpc) is 2.72. The Bertz CT molecular complexity index is 862. The molecule has 162 valence electrons. The van der Waals surface area contributed by atoms with Crippen molar-refractivity contribution < 1.29 is 14.3 Å². The van der Waals surface area contributed by atoms with Gasteiger partial charge in [0.25, 0.3) is 5.91 Å². The molecule has 1 N–H and O–H groups in total. The smallest absolute Gasteiger partial charge is 0.261 e. The molecule has 8 heteroatoms. The van der Waals surface area contributed by atoms with E-state index < -0.39 is 6.04 Å². The summed E-state index contributed by atoms with van der Waals surface area (Å²) in [5, 5.41) is 4.05. The SMILES string of the molecule is CCCCNC(=O)[C@H](C)N(Cc1ccc(Cl)cc1)C(=O)COc1ccc(Cl)cc1Br. The van der Waals surface area contributed by atoms with Crippen LogP contribution in [0.4, 0.5) is 0 Å². The van der Waals surface area contributed by atoms with Crippen LogP contribution in [-0.4, -0.2) is 35.9 Å². The van der Waals surface area contributed by atoms with Crippen LogP contribution >= 0.6 is 39.1 Å². The Kier molecular flexibility index (Phi) is 9.95. The molecule has 30 heavy (non-hydrogen) atoms. The van der Waals surface area contributed by atoms with Gasteiger partial charge in [-0.1, -0.05) is 48.7 Å². The van der Waals surface area contributed by atoms with E-state index in [1.165, 1.54) is 4.90 Å². The number of amides is 2. The first-order valence-corrected chi connectivity index (χ1v) is 11.3. The van der Waals surface area contributed by atoms with Crippen molar-refractivity contribution >= 4 is 50.9 Å². The zero-order chi connectivity index (χ0) is 22.1. The Morgan fingerprint density at radius 1 is 1.13 bits per heavy atom. The lowest BCUT2D eigenvalue weighted by molar-refractivity contribution is -0.142. The fourth-order valence-corrected chi connectivity index (χ4v) is 3.64. The zero-order valence-electron chi connectivity index (χ0n) is 17.0. The second-order valence-corrected chi connectivity index (χ2v) is 8.56. The molecule has 2 aromatic rings. The fraction of sp³-hybridized carbons (Fsp3) is 0.364. The second-order valence-electron chi connectivity index (χ2n) is 6.83. The molecule has 2 amide bonds. The predicted octanol–water partition coefficient (Wildman–Crippen LogP) is 5.47. The molecule has 0 fully saturated rings. The molecule has 0 saturated heterocycles. The fourth-order valence-electron chi connectivity index (χ4n) is 2.72. The summed E-state index contributed by atoms with van der Waals surface area (Å²) in [6.07, 6.45) is 1.86. The molecular weight excluding hydrogens is 491 g/mol. The first-order valence-electron chi connectivity index (χ1n) is 9.71. The van der Waals surface area contributed by atoms with Gasteiger partial charge in [0.05, 0.1) is 4.47 Å². The summed E-state index contributed by atoms with van der Waals surface area (Å²) in [6, 6.07) is 11.6. The molecule has 2 aromatic carbocycles. The molecule has 2 rings (SSSR count). The van der Waals surface area contributed by atoms with E-state index >= 15 is 0 Å². The molecule has 0 unspecified atom stereocenters. The van der Waals surface area contributed by atoms with E-state index in [9.17, 15) is 9.59 Å². The van der Waals surface area contributed by atoms with Gasteiger partial charge in [-0.2, -0.15) is 0 Å². The van der Waals surface area contributed by atoms with Gasteiger partial charge in [-0.3, -0.25) is 9.59 Å². The van der Waals surface area contributed by atoms with Crippen LogP contribution in [0.25, 0.3) is 0 Å². The number of ether oxygens (including phenoxy) is 1. The monoisotopic (exact) mass is 514 g/mol. The van der Waals surface area contributed by atoms with E-state index in [2.05, 4.69) is 28.2 Å². The molecule has 5 nitrogen and oxygen atoms in total. The third kappa shape index (κ3) is 7.49. The highest BCUT2D eigenvalue weighted by Crippen LogP contribution is 2.28. The number of unbranched alkanes of at least 4 members (excludes halogenated alkanes) is 1. The molecule has 0 bridgehead atoms. The van der Waals surface area contributed by atoms with E-state index in [0.29, 0.717) is 26.8 Å². The minimum atomic E-state index is -0.651. The van der Waals surface area contributed by atoms with E-state index in [-0.39, 0.29) is 25.0 Å². The van der Waals surface area contributed by atoms with Crippen molar-refractivity contribution in [1.29, 1.82) is 0 Å². The maximum atomic E-state index is 13.0. The van der Waals surface area contributed by atoms with Gasteiger partial charge >= 0.3 is 0 Å². The van der Waals surface area contributed by atoms with Gasteiger partial charge in [0.2, 0.25) is 5.91 Å². The summed E-state index contributed by atoms with van der Waals surface area (Å²) in [5.74, 6) is 0.00243. The first kappa shape index (κ1) is 24.5. The van der Waals surface area contributed by atoms with Crippen molar-refractivity contribution in [3.05, 3.63) is 62.5 Å². The van der Waals surface area contributed by atoms with E-state index in [0.717, 1.165) is 18.4 Å². The van der Waals surface area contributed by atoms with Crippen molar-refractivity contribution in [3.8, 4) is 5.75 Å². The van der Waals surface area contributed by atoms with Crippen LogP contribution in [0.1, 0.15) is 32.3 Å². The zero-order valence-corrected chi connectivity index (χ0v) is 20.1. The van der Waals surface area contributed by atoms with Gasteiger partial charge in [-0.25, -0.2) is 0 Å². The quantitative estimate of drug-likeness (QED) is 0.427. The standard InChI is InChI=1S/C22H25BrCl2N2O3/c1-3-4-11-26-22(29)15(2)27(13-16-5-7-17(24)8-6-16)21(28)14-30-20-10-9-18(25)12-19(20)23/h5-10,12,15H,3-4,11,13-14H2,1-2H3,(H,26,29)/t15-/m0/s1. The van der Waals surface area contributed by atoms with Crippen molar-refractivity contribution in [1.82, 2.24) is 10.2 Å². The highest BCUT2D eigenvalue weighted by molar-refractivity contribution is 9.10. The maximum absolute atomic E-state index is 13.0. The Hall–Kier alpha value is -1.76. The van der Waals surface area contributed by atoms with Crippen LogP contribution in [0, 0.1) is 0 Å². The number of carbonyl (C=O) groups excluding carboxylic acids is 2. The van der Waals surface area contributed by atoms with Gasteiger partial charge in [-0.15, -0.1) is 0 Å². The lowest BCUT2D eigenvalue weighted by Gasteiger charge is -2.29. The predicted molar refractivity (Wildman–Crippen MR) is 124 cm³/mol. The molecule has 0 radical (unpaired) electrons. The van der Waals surface area contributed by atoms with Crippen LogP contribution in [0.5, 0.6) is 5.75 Å². The molecule has 0 aliphatic heterocycles. The van der Waals surface area contributed by atoms with E-state index in [4.69, 9.17) is 27.9 Å². The Morgan fingerprint density at radius 3 is 2.43 bits per heavy atom. The van der Waals surface area contributed by atoms with Crippen LogP contribution < -0.4 is 10.1 Å². The summed E-state index contributed by atoms with van der Waals surface area (Å²) < 4.78 is 6.32. The van der Waals surface area contributed by atoms with Crippen molar-refractivity contribution in [2.45, 2.75) is 39.3 Å². The van der Waals surface area contributed by atoms with E-state index in [1.54, 1.807) is 37.3 Å². The van der Waals surface area contributed by atoms with Crippen LogP contribution in [0.15, 0.2) is 46.9 Å². The van der Waals surface area contributed by atoms with E-state index in [1.807, 2.05) is 12.1 Å². The number of rotatable bonds is 10. The third-order valence-electron chi connectivity index (χ3n) is 4.51. The Morgan fingerprint density at radius 2 is 1.80 bits per heavy atom. The minimum absolute atomic E-state index is 0.196. The summed E-state index contributed by atoms with van der Waals surface area (Å²) >= 11 is 15.3. The lowest BCUT2D eigenvalue weighted by Crippen LogP contribution is -2.49. The Labute approximate surface area is 195 Å². The molecule has 0 aliphatic rings. The van der Waals surface area contributed by atoms with Crippen molar-refractivity contribution in [2.24, 2.45) is 0 Å².